The molecule has 1 heterocycles. The lowest BCUT2D eigenvalue weighted by molar-refractivity contribution is 0.112. The summed E-state index contributed by atoms with van der Waals surface area (Å²) in [5, 5.41) is 3.75. The highest BCUT2D eigenvalue weighted by molar-refractivity contribution is 9.10. The van der Waals surface area contributed by atoms with E-state index in [-0.39, 0.29) is 10.7 Å². The summed E-state index contributed by atoms with van der Waals surface area (Å²) in [6.45, 7) is 1.70. The van der Waals surface area contributed by atoms with Gasteiger partial charge in [-0.2, -0.15) is 0 Å². The second-order valence-corrected chi connectivity index (χ2v) is 5.34. The van der Waals surface area contributed by atoms with Crippen molar-refractivity contribution in [1.82, 2.24) is 9.97 Å². The van der Waals surface area contributed by atoms with Crippen LogP contribution in [0.15, 0.2) is 22.7 Å². The highest BCUT2D eigenvalue weighted by Gasteiger charge is 2.12. The molecule has 0 amide bonds. The minimum atomic E-state index is 0.120. The molecule has 7 heteroatoms. The molecule has 0 unspecified atom stereocenters. The van der Waals surface area contributed by atoms with Crippen molar-refractivity contribution in [2.45, 2.75) is 6.92 Å². The van der Waals surface area contributed by atoms with Gasteiger partial charge in [0.25, 0.3) is 0 Å². The first-order chi connectivity index (χ1) is 9.01. The number of hydrogen-bond donors (Lipinski definition) is 1. The van der Waals surface area contributed by atoms with Gasteiger partial charge in [0.1, 0.15) is 16.8 Å². The van der Waals surface area contributed by atoms with Crippen molar-refractivity contribution in [2.24, 2.45) is 0 Å². The third kappa shape index (κ3) is 3.23. The number of carbonyl (C=O) groups excluding carboxylic acids is 1. The van der Waals surface area contributed by atoms with Gasteiger partial charge in [0.15, 0.2) is 6.29 Å². The van der Waals surface area contributed by atoms with Crippen molar-refractivity contribution in [3.8, 4) is 0 Å². The number of hydrogen-bond acceptors (Lipinski definition) is 4. The quantitative estimate of drug-likeness (QED) is 0.650. The van der Waals surface area contributed by atoms with Gasteiger partial charge in [0.05, 0.1) is 11.3 Å². The lowest BCUT2D eigenvalue weighted by Crippen LogP contribution is -2.03. The predicted octanol–water partition coefficient (Wildman–Crippen LogP) is 4.41. The molecule has 2 aromatic rings. The van der Waals surface area contributed by atoms with Gasteiger partial charge in [0, 0.05) is 9.50 Å². The van der Waals surface area contributed by atoms with Gasteiger partial charge in [-0.3, -0.25) is 4.79 Å². The van der Waals surface area contributed by atoms with Crippen molar-refractivity contribution in [2.75, 3.05) is 5.32 Å². The van der Waals surface area contributed by atoms with Crippen molar-refractivity contribution in [3.63, 3.8) is 0 Å². The zero-order valence-corrected chi connectivity index (χ0v) is 12.8. The minimum absolute atomic E-state index is 0.120. The predicted molar refractivity (Wildman–Crippen MR) is 79.6 cm³/mol. The number of rotatable bonds is 3. The molecule has 1 N–H and O–H groups in total. The summed E-state index contributed by atoms with van der Waals surface area (Å²) >= 11 is 15.2. The van der Waals surface area contributed by atoms with E-state index in [1.165, 1.54) is 0 Å². The maximum Gasteiger partial charge on any atom is 0.156 e. The molecule has 0 bridgehead atoms. The van der Waals surface area contributed by atoms with E-state index in [1.54, 1.807) is 25.1 Å². The van der Waals surface area contributed by atoms with Crippen LogP contribution in [0.1, 0.15) is 16.2 Å². The Labute approximate surface area is 128 Å². The molecule has 2 rings (SSSR count). The monoisotopic (exact) mass is 359 g/mol. The highest BCUT2D eigenvalue weighted by Crippen LogP contribution is 2.30. The van der Waals surface area contributed by atoms with Gasteiger partial charge >= 0.3 is 0 Å². The SMILES string of the molecule is Cc1nc(Cl)c(C=O)c(Nc2ccc(Cl)cc2Br)n1. The molecule has 0 radical (unpaired) electrons. The minimum Gasteiger partial charge on any atom is -0.339 e. The summed E-state index contributed by atoms with van der Waals surface area (Å²) in [4.78, 5) is 19.2. The van der Waals surface area contributed by atoms with Crippen LogP contribution in [0.5, 0.6) is 0 Å². The summed E-state index contributed by atoms with van der Waals surface area (Å²) in [6, 6.07) is 5.23. The lowest BCUT2D eigenvalue weighted by Gasteiger charge is -2.11. The summed E-state index contributed by atoms with van der Waals surface area (Å²) in [5.74, 6) is 0.832. The van der Waals surface area contributed by atoms with Crippen LogP contribution in [0.25, 0.3) is 0 Å². The fourth-order valence-electron chi connectivity index (χ4n) is 1.47. The number of nitrogens with zero attached hydrogens (tertiary/aromatic N) is 2. The Morgan fingerprint density at radius 1 is 1.32 bits per heavy atom. The fourth-order valence-corrected chi connectivity index (χ4v) is 2.50. The molecule has 1 aromatic heterocycles. The van der Waals surface area contributed by atoms with E-state index in [4.69, 9.17) is 23.2 Å². The van der Waals surface area contributed by atoms with Crippen LogP contribution in [0.4, 0.5) is 11.5 Å². The van der Waals surface area contributed by atoms with E-state index in [0.29, 0.717) is 23.0 Å². The van der Waals surface area contributed by atoms with Crippen LogP contribution in [-0.2, 0) is 0 Å². The van der Waals surface area contributed by atoms with Gasteiger partial charge in [0.2, 0.25) is 0 Å². The average Bonchev–Trinajstić information content (AvgIpc) is 2.32. The Kier molecular flexibility index (Phi) is 4.39. The standard InChI is InChI=1S/C12H8BrCl2N3O/c1-6-16-11(15)8(5-19)12(17-6)18-10-3-2-7(14)4-9(10)13/h2-5H,1H3,(H,16,17,18). The van der Waals surface area contributed by atoms with E-state index >= 15 is 0 Å². The highest BCUT2D eigenvalue weighted by atomic mass is 79.9. The van der Waals surface area contributed by atoms with Crippen molar-refractivity contribution in [3.05, 3.63) is 44.2 Å². The van der Waals surface area contributed by atoms with Gasteiger partial charge in [-0.25, -0.2) is 9.97 Å². The number of aryl methyl sites for hydroxylation is 1. The third-order valence-electron chi connectivity index (χ3n) is 2.31. The van der Waals surface area contributed by atoms with Crippen LogP contribution in [0, 0.1) is 6.92 Å². The number of carbonyl (C=O) groups is 1. The van der Waals surface area contributed by atoms with Crippen LogP contribution in [-0.4, -0.2) is 16.3 Å². The summed E-state index contributed by atoms with van der Waals surface area (Å²) < 4.78 is 0.754. The van der Waals surface area contributed by atoms with E-state index in [9.17, 15) is 4.79 Å². The normalized spacial score (nSPS) is 10.3. The Morgan fingerprint density at radius 2 is 2.05 bits per heavy atom. The molecule has 0 aliphatic rings. The fraction of sp³-hybridized carbons (Fsp3) is 0.0833. The molecule has 0 fully saturated rings. The molecule has 0 saturated carbocycles. The topological polar surface area (TPSA) is 54.9 Å². The van der Waals surface area contributed by atoms with Gasteiger partial charge in [-0.1, -0.05) is 23.2 Å². The second kappa shape index (κ2) is 5.86. The maximum atomic E-state index is 11.1. The second-order valence-electron chi connectivity index (χ2n) is 3.69. The summed E-state index contributed by atoms with van der Waals surface area (Å²) in [7, 11) is 0. The molecule has 19 heavy (non-hydrogen) atoms. The molecule has 0 saturated heterocycles. The van der Waals surface area contributed by atoms with Crippen LogP contribution in [0.2, 0.25) is 10.2 Å². The Hall–Kier alpha value is -1.17. The molecule has 98 valence electrons. The van der Waals surface area contributed by atoms with E-state index in [0.717, 1.165) is 10.2 Å². The van der Waals surface area contributed by atoms with E-state index < -0.39 is 0 Å². The largest absolute Gasteiger partial charge is 0.339 e. The first-order valence-corrected chi connectivity index (χ1v) is 6.77. The van der Waals surface area contributed by atoms with Gasteiger partial charge in [-0.05, 0) is 41.1 Å². The number of nitrogens with one attached hydrogen (secondary N) is 1. The van der Waals surface area contributed by atoms with Crippen molar-refractivity contribution in [1.29, 1.82) is 0 Å². The van der Waals surface area contributed by atoms with Crippen LogP contribution < -0.4 is 5.32 Å². The molecule has 1 aromatic carbocycles. The molecule has 0 spiro atoms. The molecule has 0 aliphatic heterocycles. The lowest BCUT2D eigenvalue weighted by atomic mass is 10.3. The number of aromatic nitrogens is 2. The zero-order chi connectivity index (χ0) is 14.0. The van der Waals surface area contributed by atoms with Crippen LogP contribution >= 0.6 is 39.1 Å². The summed E-state index contributed by atoms with van der Waals surface area (Å²) in [5.41, 5.74) is 0.941. The summed E-state index contributed by atoms with van der Waals surface area (Å²) in [6.07, 6.45) is 0.619. The number of benzene rings is 1. The van der Waals surface area contributed by atoms with Crippen molar-refractivity contribution >= 4 is 56.9 Å². The maximum absolute atomic E-state index is 11.1. The molecular weight excluding hydrogens is 353 g/mol. The van der Waals surface area contributed by atoms with Crippen molar-refractivity contribution < 1.29 is 4.79 Å². The smallest absolute Gasteiger partial charge is 0.156 e. The first-order valence-electron chi connectivity index (χ1n) is 5.22. The third-order valence-corrected chi connectivity index (χ3v) is 3.49. The first kappa shape index (κ1) is 14.2. The molecule has 4 nitrogen and oxygen atoms in total. The Morgan fingerprint density at radius 3 is 2.68 bits per heavy atom. The van der Waals surface area contributed by atoms with Gasteiger partial charge in [-0.15, -0.1) is 0 Å². The molecule has 0 atom stereocenters. The number of aldehydes is 1. The van der Waals surface area contributed by atoms with E-state index in [1.807, 2.05) is 0 Å². The number of anilines is 2. The Balaban J connectivity index is 2.45. The van der Waals surface area contributed by atoms with Crippen LogP contribution in [0.3, 0.4) is 0 Å². The number of halogens is 3. The average molecular weight is 361 g/mol. The zero-order valence-electron chi connectivity index (χ0n) is 9.75. The molecular formula is C12H8BrCl2N3O. The molecule has 0 aliphatic carbocycles. The Bertz CT molecular complexity index is 649. The van der Waals surface area contributed by atoms with Gasteiger partial charge < -0.3 is 5.32 Å². The van der Waals surface area contributed by atoms with E-state index in [2.05, 4.69) is 31.2 Å².